The monoisotopic (exact) mass is 275 g/mol. The molecule has 1 aromatic rings. The number of nitrogens with two attached hydrogens (primary N) is 1. The van der Waals surface area contributed by atoms with Crippen molar-refractivity contribution in [2.24, 2.45) is 11.7 Å². The van der Waals surface area contributed by atoms with Crippen LogP contribution in [0.2, 0.25) is 0 Å². The highest BCUT2D eigenvalue weighted by Crippen LogP contribution is 2.27. The standard InChI is InChI=1S/C10H17N3O2S2/c1-7-12-6-10(16-7)17(14,15)13-9-4-2-3-8(9)5-11/h6,8-9,13H,2-5,11H2,1H3. The Morgan fingerprint density at radius 3 is 2.94 bits per heavy atom. The van der Waals surface area contributed by atoms with Gasteiger partial charge < -0.3 is 5.73 Å². The van der Waals surface area contributed by atoms with E-state index < -0.39 is 10.0 Å². The van der Waals surface area contributed by atoms with Gasteiger partial charge in [-0.2, -0.15) is 0 Å². The summed E-state index contributed by atoms with van der Waals surface area (Å²) in [5.41, 5.74) is 5.64. The van der Waals surface area contributed by atoms with E-state index in [0.29, 0.717) is 6.54 Å². The molecule has 2 unspecified atom stereocenters. The van der Waals surface area contributed by atoms with Gasteiger partial charge in [0, 0.05) is 6.04 Å². The lowest BCUT2D eigenvalue weighted by atomic mass is 10.1. The normalized spacial score (nSPS) is 25.3. The molecule has 96 valence electrons. The molecular weight excluding hydrogens is 258 g/mol. The molecule has 0 aromatic carbocycles. The molecule has 3 N–H and O–H groups in total. The molecule has 1 heterocycles. The van der Waals surface area contributed by atoms with Crippen molar-refractivity contribution in [1.82, 2.24) is 9.71 Å². The second-order valence-electron chi connectivity index (χ2n) is 4.35. The van der Waals surface area contributed by atoms with Gasteiger partial charge in [0.1, 0.15) is 0 Å². The topological polar surface area (TPSA) is 85.1 Å². The minimum atomic E-state index is -3.42. The van der Waals surface area contributed by atoms with Crippen LogP contribution in [0.1, 0.15) is 24.3 Å². The lowest BCUT2D eigenvalue weighted by Gasteiger charge is -2.18. The van der Waals surface area contributed by atoms with E-state index in [1.165, 1.54) is 17.5 Å². The van der Waals surface area contributed by atoms with Crippen molar-refractivity contribution in [2.75, 3.05) is 6.54 Å². The molecule has 17 heavy (non-hydrogen) atoms. The lowest BCUT2D eigenvalue weighted by Crippen LogP contribution is -2.39. The van der Waals surface area contributed by atoms with Gasteiger partial charge in [0.25, 0.3) is 10.0 Å². The van der Waals surface area contributed by atoms with Crippen LogP contribution in [-0.4, -0.2) is 26.0 Å². The molecule has 1 aliphatic rings. The fourth-order valence-electron chi connectivity index (χ4n) is 2.20. The van der Waals surface area contributed by atoms with Crippen molar-refractivity contribution in [1.29, 1.82) is 0 Å². The molecule has 0 spiro atoms. The number of hydrogen-bond donors (Lipinski definition) is 2. The van der Waals surface area contributed by atoms with Gasteiger partial charge >= 0.3 is 0 Å². The molecular formula is C10H17N3O2S2. The van der Waals surface area contributed by atoms with E-state index in [-0.39, 0.29) is 16.2 Å². The van der Waals surface area contributed by atoms with E-state index in [2.05, 4.69) is 9.71 Å². The molecule has 0 aliphatic heterocycles. The maximum atomic E-state index is 12.1. The van der Waals surface area contributed by atoms with E-state index in [4.69, 9.17) is 5.73 Å². The number of sulfonamides is 1. The molecule has 7 heteroatoms. The summed E-state index contributed by atoms with van der Waals surface area (Å²) in [5, 5.41) is 0.757. The van der Waals surface area contributed by atoms with E-state index >= 15 is 0 Å². The molecule has 2 rings (SSSR count). The molecule has 1 fully saturated rings. The van der Waals surface area contributed by atoms with Crippen molar-refractivity contribution < 1.29 is 8.42 Å². The van der Waals surface area contributed by atoms with E-state index in [9.17, 15) is 8.42 Å². The number of aromatic nitrogens is 1. The summed E-state index contributed by atoms with van der Waals surface area (Å²) in [6, 6.07) is -0.0209. The third kappa shape index (κ3) is 2.85. The Morgan fingerprint density at radius 2 is 2.35 bits per heavy atom. The maximum absolute atomic E-state index is 12.1. The van der Waals surface area contributed by atoms with E-state index in [1.54, 1.807) is 6.92 Å². The van der Waals surface area contributed by atoms with Crippen molar-refractivity contribution in [3.63, 3.8) is 0 Å². The third-order valence-electron chi connectivity index (χ3n) is 3.13. The maximum Gasteiger partial charge on any atom is 0.251 e. The number of rotatable bonds is 4. The first-order chi connectivity index (χ1) is 8.03. The first-order valence-electron chi connectivity index (χ1n) is 5.68. The van der Waals surface area contributed by atoms with Crippen LogP contribution in [0.5, 0.6) is 0 Å². The predicted octanol–water partition coefficient (Wildman–Crippen LogP) is 0.857. The van der Waals surface area contributed by atoms with Gasteiger partial charge in [-0.15, -0.1) is 11.3 Å². The van der Waals surface area contributed by atoms with Gasteiger partial charge in [-0.3, -0.25) is 0 Å². The van der Waals surface area contributed by atoms with E-state index in [0.717, 1.165) is 24.3 Å². The Balaban J connectivity index is 2.12. The average molecular weight is 275 g/mol. The minimum absolute atomic E-state index is 0.0209. The summed E-state index contributed by atoms with van der Waals surface area (Å²) >= 11 is 1.19. The summed E-state index contributed by atoms with van der Waals surface area (Å²) in [4.78, 5) is 3.97. The number of hydrogen-bond acceptors (Lipinski definition) is 5. The molecule has 1 aromatic heterocycles. The third-order valence-corrected chi connectivity index (χ3v) is 6.00. The Bertz CT molecular complexity index is 483. The molecule has 1 saturated carbocycles. The zero-order valence-electron chi connectivity index (χ0n) is 9.72. The van der Waals surface area contributed by atoms with Crippen molar-refractivity contribution in [3.8, 4) is 0 Å². The van der Waals surface area contributed by atoms with Crippen LogP contribution in [0.25, 0.3) is 0 Å². The van der Waals surface area contributed by atoms with E-state index in [1.807, 2.05) is 0 Å². The summed E-state index contributed by atoms with van der Waals surface area (Å²) in [7, 11) is -3.42. The van der Waals surface area contributed by atoms with Gasteiger partial charge in [-0.25, -0.2) is 18.1 Å². The second-order valence-corrected chi connectivity index (χ2v) is 7.53. The van der Waals surface area contributed by atoms with Crippen LogP contribution in [0.4, 0.5) is 0 Å². The van der Waals surface area contributed by atoms with Gasteiger partial charge in [-0.05, 0) is 32.2 Å². The molecule has 2 atom stereocenters. The summed E-state index contributed by atoms with van der Waals surface area (Å²) in [5.74, 6) is 0.263. The predicted molar refractivity (Wildman–Crippen MR) is 67.4 cm³/mol. The van der Waals surface area contributed by atoms with Crippen molar-refractivity contribution >= 4 is 21.4 Å². The second kappa shape index (κ2) is 5.01. The fraction of sp³-hybridized carbons (Fsp3) is 0.700. The van der Waals surface area contributed by atoms with Crippen LogP contribution in [0, 0.1) is 12.8 Å². The summed E-state index contributed by atoms with van der Waals surface area (Å²) < 4.78 is 27.2. The molecule has 0 bridgehead atoms. The SMILES string of the molecule is Cc1ncc(S(=O)(=O)NC2CCCC2CN)s1. The Morgan fingerprint density at radius 1 is 1.59 bits per heavy atom. The van der Waals surface area contributed by atoms with Gasteiger partial charge in [-0.1, -0.05) is 6.42 Å². The largest absolute Gasteiger partial charge is 0.330 e. The van der Waals surface area contributed by atoms with Crippen molar-refractivity contribution in [2.45, 2.75) is 36.4 Å². The van der Waals surface area contributed by atoms with Crippen LogP contribution in [0.3, 0.4) is 0 Å². The van der Waals surface area contributed by atoms with Crippen LogP contribution >= 0.6 is 11.3 Å². The number of thiazole rings is 1. The lowest BCUT2D eigenvalue weighted by molar-refractivity contribution is 0.453. The Labute approximate surface area is 105 Å². The summed E-state index contributed by atoms with van der Waals surface area (Å²) in [6.45, 7) is 2.33. The van der Waals surface area contributed by atoms with Crippen LogP contribution in [-0.2, 0) is 10.0 Å². The molecule has 0 amide bonds. The average Bonchev–Trinajstić information content (AvgIpc) is 2.86. The Kier molecular flexibility index (Phi) is 3.82. The number of aryl methyl sites for hydroxylation is 1. The molecule has 1 aliphatic carbocycles. The smallest absolute Gasteiger partial charge is 0.251 e. The first-order valence-corrected chi connectivity index (χ1v) is 7.97. The Hall–Kier alpha value is -0.500. The van der Waals surface area contributed by atoms with Crippen molar-refractivity contribution in [3.05, 3.63) is 11.2 Å². The zero-order valence-corrected chi connectivity index (χ0v) is 11.4. The molecule has 0 radical (unpaired) electrons. The quantitative estimate of drug-likeness (QED) is 0.853. The summed E-state index contributed by atoms with van der Waals surface area (Å²) in [6.07, 6.45) is 4.33. The highest BCUT2D eigenvalue weighted by Gasteiger charge is 2.30. The van der Waals surface area contributed by atoms with Crippen LogP contribution in [0.15, 0.2) is 10.4 Å². The first kappa shape index (κ1) is 12.9. The van der Waals surface area contributed by atoms with Gasteiger partial charge in [0.2, 0.25) is 0 Å². The number of nitrogens with one attached hydrogen (secondary N) is 1. The molecule has 0 saturated heterocycles. The fourth-order valence-corrected chi connectivity index (χ4v) is 4.66. The minimum Gasteiger partial charge on any atom is -0.330 e. The molecule has 5 nitrogen and oxygen atoms in total. The van der Waals surface area contributed by atoms with Gasteiger partial charge in [0.05, 0.1) is 11.2 Å². The van der Waals surface area contributed by atoms with Gasteiger partial charge in [0.15, 0.2) is 4.21 Å². The zero-order chi connectivity index (χ0) is 12.5. The van der Waals surface area contributed by atoms with Crippen LogP contribution < -0.4 is 10.5 Å². The number of nitrogens with zero attached hydrogens (tertiary/aromatic N) is 1. The highest BCUT2D eigenvalue weighted by molar-refractivity contribution is 7.91. The highest BCUT2D eigenvalue weighted by atomic mass is 32.2.